The van der Waals surface area contributed by atoms with Gasteiger partial charge >= 0.3 is 0 Å². The lowest BCUT2D eigenvalue weighted by Crippen LogP contribution is -2.17. The molecule has 1 N–H and O–H groups in total. The summed E-state index contributed by atoms with van der Waals surface area (Å²) in [6.45, 7) is 4.23. The molecule has 0 saturated heterocycles. The van der Waals surface area contributed by atoms with Gasteiger partial charge in [-0.25, -0.2) is 4.52 Å². The van der Waals surface area contributed by atoms with E-state index in [9.17, 15) is 4.79 Å². The lowest BCUT2D eigenvalue weighted by molar-refractivity contribution is 0.0777. The maximum atomic E-state index is 11.8. The van der Waals surface area contributed by atoms with Gasteiger partial charge in [-0.3, -0.25) is 4.79 Å². The number of nitrogens with one attached hydrogen (secondary N) is 1. The van der Waals surface area contributed by atoms with E-state index in [2.05, 4.69) is 10.1 Å². The van der Waals surface area contributed by atoms with Crippen LogP contribution in [0.25, 0.3) is 5.65 Å². The molecule has 0 bridgehead atoms. The van der Waals surface area contributed by atoms with E-state index < -0.39 is 0 Å². The average Bonchev–Trinajstić information content (AvgIpc) is 2.69. The van der Waals surface area contributed by atoms with E-state index in [0.717, 1.165) is 17.0 Å². The van der Waals surface area contributed by atoms with Gasteiger partial charge in [-0.05, 0) is 13.8 Å². The maximum Gasteiger partial charge on any atom is 0.257 e. The minimum Gasteiger partial charge on any atom is -0.367 e. The number of aromatic amines is 1. The number of aromatic nitrogens is 3. The molecule has 3 rings (SSSR count). The molecule has 5 nitrogen and oxygen atoms in total. The molecule has 0 aromatic carbocycles. The van der Waals surface area contributed by atoms with Crippen molar-refractivity contribution in [2.24, 2.45) is 0 Å². The zero-order chi connectivity index (χ0) is 10.6. The molecular weight excluding hydrogens is 194 g/mol. The molecule has 2 aromatic heterocycles. The standard InChI is InChI=1S/C10H11N3O2/c1-5-3-8-11-10(14)9-6(2)15-4-7(9)13(8)12-5/h3,6H,4H2,1-2H3,(H,11,14). The van der Waals surface area contributed by atoms with Crippen molar-refractivity contribution < 1.29 is 4.74 Å². The normalized spacial score (nSPS) is 19.7. The van der Waals surface area contributed by atoms with Crippen molar-refractivity contribution in [2.75, 3.05) is 0 Å². The summed E-state index contributed by atoms with van der Waals surface area (Å²) in [5, 5.41) is 4.33. The molecule has 0 spiro atoms. The molecule has 0 fully saturated rings. The highest BCUT2D eigenvalue weighted by molar-refractivity contribution is 5.43. The van der Waals surface area contributed by atoms with Crippen molar-refractivity contribution in [1.29, 1.82) is 0 Å². The van der Waals surface area contributed by atoms with Crippen molar-refractivity contribution in [3.63, 3.8) is 0 Å². The molecular formula is C10H11N3O2. The Morgan fingerprint density at radius 3 is 3.27 bits per heavy atom. The van der Waals surface area contributed by atoms with E-state index in [0.29, 0.717) is 12.2 Å². The Hall–Kier alpha value is -1.62. The number of aryl methyl sites for hydroxylation is 1. The Morgan fingerprint density at radius 2 is 2.47 bits per heavy atom. The summed E-state index contributed by atoms with van der Waals surface area (Å²) in [4.78, 5) is 14.6. The van der Waals surface area contributed by atoms with Crippen molar-refractivity contribution in [3.8, 4) is 0 Å². The summed E-state index contributed by atoms with van der Waals surface area (Å²) >= 11 is 0. The number of hydrogen-bond acceptors (Lipinski definition) is 3. The zero-order valence-corrected chi connectivity index (χ0v) is 8.57. The van der Waals surface area contributed by atoms with E-state index in [4.69, 9.17) is 4.74 Å². The molecule has 1 unspecified atom stereocenters. The lowest BCUT2D eigenvalue weighted by atomic mass is 10.2. The van der Waals surface area contributed by atoms with Gasteiger partial charge in [-0.1, -0.05) is 0 Å². The predicted molar refractivity (Wildman–Crippen MR) is 53.8 cm³/mol. The Bertz CT molecular complexity index is 596. The van der Waals surface area contributed by atoms with Crippen LogP contribution in [0.5, 0.6) is 0 Å². The van der Waals surface area contributed by atoms with E-state index in [1.54, 1.807) is 4.52 Å². The third kappa shape index (κ3) is 1.07. The van der Waals surface area contributed by atoms with Gasteiger partial charge in [0.05, 0.1) is 29.7 Å². The summed E-state index contributed by atoms with van der Waals surface area (Å²) in [6, 6.07) is 1.85. The van der Waals surface area contributed by atoms with Gasteiger partial charge in [0.2, 0.25) is 0 Å². The topological polar surface area (TPSA) is 59.4 Å². The maximum absolute atomic E-state index is 11.8. The van der Waals surface area contributed by atoms with Crippen molar-refractivity contribution >= 4 is 5.65 Å². The van der Waals surface area contributed by atoms with E-state index >= 15 is 0 Å². The summed E-state index contributed by atoms with van der Waals surface area (Å²) < 4.78 is 7.20. The number of hydrogen-bond donors (Lipinski definition) is 1. The first-order chi connectivity index (χ1) is 7.16. The Morgan fingerprint density at radius 1 is 1.67 bits per heavy atom. The van der Waals surface area contributed by atoms with Crippen LogP contribution in [-0.4, -0.2) is 14.6 Å². The van der Waals surface area contributed by atoms with Crippen LogP contribution in [0, 0.1) is 6.92 Å². The summed E-state index contributed by atoms with van der Waals surface area (Å²) in [6.07, 6.45) is -0.141. The summed E-state index contributed by atoms with van der Waals surface area (Å²) in [7, 11) is 0. The van der Waals surface area contributed by atoms with Gasteiger partial charge in [0.15, 0.2) is 0 Å². The molecule has 0 saturated carbocycles. The van der Waals surface area contributed by atoms with Crippen LogP contribution in [0.15, 0.2) is 10.9 Å². The molecule has 1 aliphatic rings. The second kappa shape index (κ2) is 2.70. The monoisotopic (exact) mass is 205 g/mol. The van der Waals surface area contributed by atoms with Gasteiger partial charge in [0, 0.05) is 6.07 Å². The second-order valence-electron chi connectivity index (χ2n) is 3.85. The van der Waals surface area contributed by atoms with Crippen LogP contribution in [0.2, 0.25) is 0 Å². The molecule has 78 valence electrons. The van der Waals surface area contributed by atoms with Crippen LogP contribution >= 0.6 is 0 Å². The molecule has 1 aliphatic heterocycles. The van der Waals surface area contributed by atoms with Crippen LogP contribution in [-0.2, 0) is 11.3 Å². The molecule has 15 heavy (non-hydrogen) atoms. The van der Waals surface area contributed by atoms with Crippen LogP contribution in [0.4, 0.5) is 0 Å². The largest absolute Gasteiger partial charge is 0.367 e. The molecule has 3 heterocycles. The first-order valence-electron chi connectivity index (χ1n) is 4.90. The highest BCUT2D eigenvalue weighted by atomic mass is 16.5. The average molecular weight is 205 g/mol. The minimum atomic E-state index is -0.141. The first-order valence-corrected chi connectivity index (χ1v) is 4.90. The van der Waals surface area contributed by atoms with Crippen molar-refractivity contribution in [1.82, 2.24) is 14.6 Å². The highest BCUT2D eigenvalue weighted by Gasteiger charge is 2.26. The van der Waals surface area contributed by atoms with Crippen LogP contribution in [0.1, 0.15) is 30.0 Å². The fourth-order valence-electron chi connectivity index (χ4n) is 2.07. The Kier molecular flexibility index (Phi) is 1.56. The van der Waals surface area contributed by atoms with Crippen molar-refractivity contribution in [2.45, 2.75) is 26.6 Å². The predicted octanol–water partition coefficient (Wildman–Crippen LogP) is 0.922. The molecule has 1 atom stereocenters. The molecule has 0 radical (unpaired) electrons. The molecule has 0 aliphatic carbocycles. The Labute approximate surface area is 85.7 Å². The van der Waals surface area contributed by atoms with Gasteiger partial charge in [-0.2, -0.15) is 5.10 Å². The highest BCUT2D eigenvalue weighted by Crippen LogP contribution is 2.26. The number of fused-ring (bicyclic) bond motifs is 3. The number of ether oxygens (including phenoxy) is 1. The van der Waals surface area contributed by atoms with Gasteiger partial charge < -0.3 is 9.72 Å². The van der Waals surface area contributed by atoms with Gasteiger partial charge in [-0.15, -0.1) is 0 Å². The van der Waals surface area contributed by atoms with E-state index in [-0.39, 0.29) is 11.7 Å². The first kappa shape index (κ1) is 8.67. The molecule has 0 amide bonds. The third-order valence-electron chi connectivity index (χ3n) is 2.76. The van der Waals surface area contributed by atoms with Crippen LogP contribution in [0.3, 0.4) is 0 Å². The van der Waals surface area contributed by atoms with E-state index in [1.165, 1.54) is 0 Å². The lowest BCUT2D eigenvalue weighted by Gasteiger charge is -2.02. The second-order valence-corrected chi connectivity index (χ2v) is 3.85. The number of rotatable bonds is 0. The summed E-state index contributed by atoms with van der Waals surface area (Å²) in [5.41, 5.74) is 3.12. The zero-order valence-electron chi connectivity index (χ0n) is 8.57. The number of H-pyrrole nitrogens is 1. The minimum absolute atomic E-state index is 0.0672. The van der Waals surface area contributed by atoms with E-state index in [1.807, 2.05) is 19.9 Å². The summed E-state index contributed by atoms with van der Waals surface area (Å²) in [5.74, 6) is 0. The Balaban J connectivity index is 2.47. The third-order valence-corrected chi connectivity index (χ3v) is 2.76. The fraction of sp³-hybridized carbons (Fsp3) is 0.400. The molecule has 2 aromatic rings. The SMILES string of the molecule is Cc1cc2[nH]c(=O)c3c(n2n1)COC3C. The number of nitrogens with zero attached hydrogens (tertiary/aromatic N) is 2. The van der Waals surface area contributed by atoms with Gasteiger partial charge in [0.25, 0.3) is 5.56 Å². The quantitative estimate of drug-likeness (QED) is 0.695. The van der Waals surface area contributed by atoms with Crippen molar-refractivity contribution in [3.05, 3.63) is 33.4 Å². The smallest absolute Gasteiger partial charge is 0.257 e. The molecule has 5 heteroatoms. The van der Waals surface area contributed by atoms with Gasteiger partial charge in [0.1, 0.15) is 5.65 Å². The fourth-order valence-corrected chi connectivity index (χ4v) is 2.07. The van der Waals surface area contributed by atoms with Crippen LogP contribution < -0.4 is 5.56 Å².